The number of carbonyl (C=O) groups is 1. The summed E-state index contributed by atoms with van der Waals surface area (Å²) in [7, 11) is 0. The van der Waals surface area contributed by atoms with Crippen molar-refractivity contribution in [1.82, 2.24) is 5.32 Å². The Balaban J connectivity index is 1.38. The van der Waals surface area contributed by atoms with Crippen molar-refractivity contribution < 1.29 is 14.3 Å². The number of nitrogens with one attached hydrogen (secondary N) is 1. The molecule has 2 aromatic rings. The van der Waals surface area contributed by atoms with Gasteiger partial charge in [-0.3, -0.25) is 4.79 Å². The number of benzene rings is 2. The van der Waals surface area contributed by atoms with Crippen LogP contribution in [0.2, 0.25) is 0 Å². The van der Waals surface area contributed by atoms with Gasteiger partial charge in [0, 0.05) is 25.1 Å². The molecule has 1 amide bonds. The minimum atomic E-state index is -0.0409. The van der Waals surface area contributed by atoms with Gasteiger partial charge in [0.05, 0.1) is 12.7 Å². The fourth-order valence-electron chi connectivity index (χ4n) is 2.78. The average Bonchev–Trinajstić information content (AvgIpc) is 3.09. The van der Waals surface area contributed by atoms with Crippen LogP contribution in [0.4, 0.5) is 0 Å². The van der Waals surface area contributed by atoms with E-state index in [1.165, 1.54) is 5.56 Å². The van der Waals surface area contributed by atoms with E-state index in [4.69, 9.17) is 9.47 Å². The van der Waals surface area contributed by atoms with E-state index in [0.29, 0.717) is 25.3 Å². The maximum Gasteiger partial charge on any atom is 0.251 e. The summed E-state index contributed by atoms with van der Waals surface area (Å²) in [5, 5.41) is 2.94. The first-order valence-electron chi connectivity index (χ1n) is 8.44. The van der Waals surface area contributed by atoms with Crippen molar-refractivity contribution in [1.29, 1.82) is 0 Å². The van der Waals surface area contributed by atoms with Crippen LogP contribution in [-0.2, 0) is 11.2 Å². The largest absolute Gasteiger partial charge is 0.493 e. The van der Waals surface area contributed by atoms with Gasteiger partial charge in [-0.15, -0.1) is 0 Å². The van der Waals surface area contributed by atoms with E-state index in [-0.39, 0.29) is 12.0 Å². The highest BCUT2D eigenvalue weighted by Crippen LogP contribution is 2.25. The van der Waals surface area contributed by atoms with Gasteiger partial charge >= 0.3 is 0 Å². The topological polar surface area (TPSA) is 47.6 Å². The number of ether oxygens (including phenoxy) is 2. The minimum absolute atomic E-state index is 0.0409. The Morgan fingerprint density at radius 2 is 2.08 bits per heavy atom. The predicted molar refractivity (Wildman–Crippen MR) is 93.4 cm³/mol. The standard InChI is InChI=1S/C20H23NO3/c1-15(16-6-3-2-4-7-16)23-12-5-11-21-20(22)18-8-9-19-17(14-18)10-13-24-19/h2-4,6-9,14-15H,5,10-13H2,1H3,(H,21,22). The second-order valence-electron chi connectivity index (χ2n) is 5.95. The zero-order valence-corrected chi connectivity index (χ0v) is 14.0. The normalized spacial score (nSPS) is 13.9. The lowest BCUT2D eigenvalue weighted by Crippen LogP contribution is -2.25. The summed E-state index contributed by atoms with van der Waals surface area (Å²) in [6.07, 6.45) is 1.73. The molecule has 1 atom stereocenters. The van der Waals surface area contributed by atoms with E-state index >= 15 is 0 Å². The quantitative estimate of drug-likeness (QED) is 0.792. The van der Waals surface area contributed by atoms with Crippen LogP contribution >= 0.6 is 0 Å². The van der Waals surface area contributed by atoms with Crippen molar-refractivity contribution in [2.75, 3.05) is 19.8 Å². The van der Waals surface area contributed by atoms with E-state index in [0.717, 1.165) is 24.2 Å². The fraction of sp³-hybridized carbons (Fsp3) is 0.350. The van der Waals surface area contributed by atoms with Crippen molar-refractivity contribution in [3.05, 3.63) is 65.2 Å². The lowest BCUT2D eigenvalue weighted by Gasteiger charge is -2.13. The summed E-state index contributed by atoms with van der Waals surface area (Å²) in [5.74, 6) is 0.857. The first-order chi connectivity index (χ1) is 11.7. The van der Waals surface area contributed by atoms with Gasteiger partial charge in [0.2, 0.25) is 0 Å². The van der Waals surface area contributed by atoms with Crippen LogP contribution in [0.25, 0.3) is 0 Å². The number of fused-ring (bicyclic) bond motifs is 1. The molecule has 0 bridgehead atoms. The first kappa shape index (κ1) is 16.5. The predicted octanol–water partition coefficient (Wildman–Crippen LogP) is 3.52. The summed E-state index contributed by atoms with van der Waals surface area (Å²) in [6, 6.07) is 15.8. The molecule has 0 spiro atoms. The molecule has 0 aliphatic carbocycles. The van der Waals surface area contributed by atoms with Crippen molar-refractivity contribution in [3.63, 3.8) is 0 Å². The van der Waals surface area contributed by atoms with E-state index in [2.05, 4.69) is 17.4 Å². The van der Waals surface area contributed by atoms with Gasteiger partial charge in [-0.25, -0.2) is 0 Å². The highest BCUT2D eigenvalue weighted by Gasteiger charge is 2.14. The van der Waals surface area contributed by atoms with Crippen LogP contribution in [0.15, 0.2) is 48.5 Å². The number of hydrogen-bond donors (Lipinski definition) is 1. The highest BCUT2D eigenvalue weighted by atomic mass is 16.5. The lowest BCUT2D eigenvalue weighted by atomic mass is 10.1. The summed E-state index contributed by atoms with van der Waals surface area (Å²) in [5.41, 5.74) is 2.97. The van der Waals surface area contributed by atoms with Crippen LogP contribution in [0.5, 0.6) is 5.75 Å². The van der Waals surface area contributed by atoms with Gasteiger partial charge in [-0.1, -0.05) is 30.3 Å². The van der Waals surface area contributed by atoms with E-state index in [1.807, 2.05) is 43.3 Å². The van der Waals surface area contributed by atoms with Crippen LogP contribution in [0.3, 0.4) is 0 Å². The van der Waals surface area contributed by atoms with Crippen LogP contribution in [0, 0.1) is 0 Å². The fourth-order valence-corrected chi connectivity index (χ4v) is 2.78. The molecule has 4 nitrogen and oxygen atoms in total. The van der Waals surface area contributed by atoms with Gasteiger partial charge < -0.3 is 14.8 Å². The van der Waals surface area contributed by atoms with Crippen molar-refractivity contribution in [2.45, 2.75) is 25.9 Å². The van der Waals surface area contributed by atoms with Gasteiger partial charge in [0.25, 0.3) is 5.91 Å². The molecule has 1 heterocycles. The molecule has 1 unspecified atom stereocenters. The summed E-state index contributed by atoms with van der Waals surface area (Å²) < 4.78 is 11.3. The third-order valence-corrected chi connectivity index (χ3v) is 4.20. The van der Waals surface area contributed by atoms with E-state index in [1.54, 1.807) is 0 Å². The molecule has 24 heavy (non-hydrogen) atoms. The zero-order chi connectivity index (χ0) is 16.8. The molecule has 0 fully saturated rings. The molecule has 0 saturated carbocycles. The van der Waals surface area contributed by atoms with Crippen LogP contribution < -0.4 is 10.1 Å². The van der Waals surface area contributed by atoms with E-state index < -0.39 is 0 Å². The van der Waals surface area contributed by atoms with Crippen molar-refractivity contribution in [3.8, 4) is 5.75 Å². The second-order valence-corrected chi connectivity index (χ2v) is 5.95. The smallest absolute Gasteiger partial charge is 0.251 e. The zero-order valence-electron chi connectivity index (χ0n) is 14.0. The van der Waals surface area contributed by atoms with Gasteiger partial charge in [0.15, 0.2) is 0 Å². The van der Waals surface area contributed by atoms with Gasteiger partial charge in [-0.2, -0.15) is 0 Å². The average molecular weight is 325 g/mol. The Morgan fingerprint density at radius 1 is 1.25 bits per heavy atom. The number of carbonyl (C=O) groups excluding carboxylic acids is 1. The molecule has 3 rings (SSSR count). The molecule has 0 radical (unpaired) electrons. The molecule has 1 aliphatic heterocycles. The van der Waals surface area contributed by atoms with E-state index in [9.17, 15) is 4.79 Å². The first-order valence-corrected chi connectivity index (χ1v) is 8.44. The molecule has 126 valence electrons. The summed E-state index contributed by atoms with van der Waals surface area (Å²) in [4.78, 5) is 12.2. The molecule has 0 saturated heterocycles. The number of amides is 1. The Bertz CT molecular complexity index is 685. The van der Waals surface area contributed by atoms with Crippen LogP contribution in [-0.4, -0.2) is 25.7 Å². The second kappa shape index (κ2) is 7.97. The lowest BCUT2D eigenvalue weighted by molar-refractivity contribution is 0.0635. The maximum atomic E-state index is 12.2. The third kappa shape index (κ3) is 4.15. The summed E-state index contributed by atoms with van der Waals surface area (Å²) >= 11 is 0. The van der Waals surface area contributed by atoms with Crippen molar-refractivity contribution in [2.24, 2.45) is 0 Å². The maximum absolute atomic E-state index is 12.2. The Labute approximate surface area is 142 Å². The Hall–Kier alpha value is -2.33. The summed E-state index contributed by atoms with van der Waals surface area (Å²) in [6.45, 7) is 3.97. The third-order valence-electron chi connectivity index (χ3n) is 4.20. The Morgan fingerprint density at radius 3 is 2.92 bits per heavy atom. The molecule has 1 N–H and O–H groups in total. The Kier molecular flexibility index (Phi) is 5.49. The number of rotatable bonds is 7. The molecule has 0 aromatic heterocycles. The van der Waals surface area contributed by atoms with Crippen molar-refractivity contribution >= 4 is 5.91 Å². The minimum Gasteiger partial charge on any atom is -0.493 e. The molecule has 1 aliphatic rings. The van der Waals surface area contributed by atoms with Gasteiger partial charge in [-0.05, 0) is 42.7 Å². The monoisotopic (exact) mass is 325 g/mol. The molecular formula is C20H23NO3. The molecule has 4 heteroatoms. The SMILES string of the molecule is CC(OCCCNC(=O)c1ccc2c(c1)CCO2)c1ccccc1. The van der Waals surface area contributed by atoms with Gasteiger partial charge in [0.1, 0.15) is 5.75 Å². The molecule has 2 aromatic carbocycles. The highest BCUT2D eigenvalue weighted by molar-refractivity contribution is 5.94. The van der Waals surface area contributed by atoms with Crippen LogP contribution in [0.1, 0.15) is 40.9 Å². The number of hydrogen-bond acceptors (Lipinski definition) is 3. The molecular weight excluding hydrogens is 302 g/mol.